The van der Waals surface area contributed by atoms with Crippen LogP contribution in [0.4, 0.5) is 11.4 Å². The lowest BCUT2D eigenvalue weighted by Crippen LogP contribution is -2.33. The molecule has 2 unspecified atom stereocenters. The van der Waals surface area contributed by atoms with E-state index in [-0.39, 0.29) is 12.1 Å². The van der Waals surface area contributed by atoms with Gasteiger partial charge in [0.15, 0.2) is 0 Å². The van der Waals surface area contributed by atoms with Crippen LogP contribution in [0, 0.1) is 0 Å². The molecule has 3 nitrogen and oxygen atoms in total. The Labute approximate surface area is 207 Å². The largest absolute Gasteiger partial charge is 0.334 e. The first-order valence-corrected chi connectivity index (χ1v) is 15.6. The zero-order valence-corrected chi connectivity index (χ0v) is 23.6. The minimum atomic E-state index is -3.03. The summed E-state index contributed by atoms with van der Waals surface area (Å²) in [6.45, 7) is 14.8. The predicted molar refractivity (Wildman–Crippen MR) is 150 cm³/mol. The second kappa shape index (κ2) is 10.5. The van der Waals surface area contributed by atoms with Crippen molar-refractivity contribution in [1.82, 2.24) is 0 Å². The molecule has 1 aliphatic heterocycles. The maximum atomic E-state index is 12.3. The van der Waals surface area contributed by atoms with Gasteiger partial charge in [-0.15, -0.1) is 0 Å². The van der Waals surface area contributed by atoms with Crippen LogP contribution in [0.2, 0.25) is 0 Å². The van der Waals surface area contributed by atoms with Gasteiger partial charge in [0.2, 0.25) is 0 Å². The standard InChI is InChI=1S/C28H43N2OPS/c1-9-21-15-23(11-3)27(24(12-4)16-21)29-19(7)20(8)30(32(29,31)33)28-25(13-5)17-22(10-2)18-26(28)14-6/h15-20H,9-14H2,1-8H3,(H,31,33). The van der Waals surface area contributed by atoms with Gasteiger partial charge in [-0.1, -0.05) is 65.8 Å². The Morgan fingerprint density at radius 2 is 0.909 bits per heavy atom. The van der Waals surface area contributed by atoms with Crippen LogP contribution in [-0.2, 0) is 50.3 Å². The van der Waals surface area contributed by atoms with Crippen molar-refractivity contribution in [3.63, 3.8) is 0 Å². The van der Waals surface area contributed by atoms with E-state index >= 15 is 0 Å². The Morgan fingerprint density at radius 3 is 1.12 bits per heavy atom. The predicted octanol–water partition coefficient (Wildman–Crippen LogP) is 7.38. The van der Waals surface area contributed by atoms with Gasteiger partial charge in [0, 0.05) is 0 Å². The van der Waals surface area contributed by atoms with Gasteiger partial charge in [-0.25, -0.2) is 0 Å². The minimum absolute atomic E-state index is 0.129. The van der Waals surface area contributed by atoms with Crippen molar-refractivity contribution < 1.29 is 4.89 Å². The molecule has 1 saturated heterocycles. The first-order valence-electron chi connectivity index (χ1n) is 12.9. The third kappa shape index (κ3) is 4.51. The third-order valence-electron chi connectivity index (χ3n) is 7.48. The summed E-state index contributed by atoms with van der Waals surface area (Å²) in [7, 11) is 0. The van der Waals surface area contributed by atoms with E-state index in [1.54, 1.807) is 0 Å². The lowest BCUT2D eigenvalue weighted by atomic mass is 9.96. The van der Waals surface area contributed by atoms with Crippen LogP contribution in [0.25, 0.3) is 0 Å². The molecule has 0 amide bonds. The van der Waals surface area contributed by atoms with Crippen LogP contribution in [0.3, 0.4) is 0 Å². The summed E-state index contributed by atoms with van der Waals surface area (Å²) in [5, 5.41) is 0. The van der Waals surface area contributed by atoms with Crippen LogP contribution in [0.5, 0.6) is 0 Å². The highest BCUT2D eigenvalue weighted by atomic mass is 32.5. The molecule has 33 heavy (non-hydrogen) atoms. The monoisotopic (exact) mass is 486 g/mol. The molecule has 1 heterocycles. The van der Waals surface area contributed by atoms with Gasteiger partial charge < -0.3 is 14.2 Å². The van der Waals surface area contributed by atoms with E-state index in [9.17, 15) is 4.89 Å². The van der Waals surface area contributed by atoms with Crippen LogP contribution < -0.4 is 9.34 Å². The maximum Gasteiger partial charge on any atom is 0.252 e. The highest BCUT2D eigenvalue weighted by molar-refractivity contribution is 8.13. The van der Waals surface area contributed by atoms with Crippen molar-refractivity contribution in [3.8, 4) is 0 Å². The fourth-order valence-electron chi connectivity index (χ4n) is 5.39. The Kier molecular flexibility index (Phi) is 8.36. The molecular formula is C28H43N2OPS. The van der Waals surface area contributed by atoms with Gasteiger partial charge in [-0.3, -0.25) is 0 Å². The second-order valence-electron chi connectivity index (χ2n) is 9.33. The molecule has 2 aromatic carbocycles. The molecule has 1 fully saturated rings. The molecule has 0 radical (unpaired) electrons. The highest BCUT2D eigenvalue weighted by Gasteiger charge is 2.49. The number of rotatable bonds is 8. The average molecular weight is 487 g/mol. The summed E-state index contributed by atoms with van der Waals surface area (Å²) in [5.74, 6) is 0. The number of nitrogens with zero attached hydrogens (tertiary/aromatic N) is 2. The number of anilines is 2. The summed E-state index contributed by atoms with van der Waals surface area (Å²) < 4.78 is 4.49. The average Bonchev–Trinajstić information content (AvgIpc) is 3.00. The van der Waals surface area contributed by atoms with Gasteiger partial charge in [0.1, 0.15) is 0 Å². The molecule has 1 aliphatic rings. The SMILES string of the molecule is CCc1cc(CC)c(N2C(C)C(C)N(c3c(CC)cc(CC)cc3CC)P2(O)=S)c(CC)c1. The molecule has 0 saturated carbocycles. The van der Waals surface area contributed by atoms with Crippen LogP contribution in [0.1, 0.15) is 88.8 Å². The summed E-state index contributed by atoms with van der Waals surface area (Å²) in [6, 6.07) is 9.57. The molecule has 0 aromatic heterocycles. The van der Waals surface area contributed by atoms with E-state index in [2.05, 4.69) is 89.0 Å². The van der Waals surface area contributed by atoms with Crippen molar-refractivity contribution in [2.75, 3.05) is 9.34 Å². The normalized spacial score (nSPS) is 22.9. The van der Waals surface area contributed by atoms with E-state index in [0.29, 0.717) is 0 Å². The van der Waals surface area contributed by atoms with E-state index in [1.165, 1.54) is 44.8 Å². The van der Waals surface area contributed by atoms with Crippen molar-refractivity contribution in [1.29, 1.82) is 0 Å². The molecule has 0 bridgehead atoms. The quantitative estimate of drug-likeness (QED) is 0.394. The van der Waals surface area contributed by atoms with Crippen molar-refractivity contribution in [2.45, 2.75) is 106 Å². The summed E-state index contributed by atoms with van der Waals surface area (Å²) in [6.07, 6.45) is 5.80. The van der Waals surface area contributed by atoms with E-state index < -0.39 is 6.57 Å². The van der Waals surface area contributed by atoms with Gasteiger partial charge in [-0.2, -0.15) is 0 Å². The molecule has 0 spiro atoms. The fourth-order valence-corrected chi connectivity index (χ4v) is 9.35. The minimum Gasteiger partial charge on any atom is -0.334 e. The summed E-state index contributed by atoms with van der Waals surface area (Å²) in [5.41, 5.74) is 10.3. The van der Waals surface area contributed by atoms with Crippen LogP contribution in [0.15, 0.2) is 24.3 Å². The van der Waals surface area contributed by atoms with E-state index in [0.717, 1.165) is 38.5 Å². The summed E-state index contributed by atoms with van der Waals surface area (Å²) >= 11 is 6.24. The fraction of sp³-hybridized carbons (Fsp3) is 0.571. The number of hydrogen-bond acceptors (Lipinski definition) is 1. The number of aryl methyl sites for hydroxylation is 6. The Morgan fingerprint density at radius 1 is 0.636 bits per heavy atom. The first-order chi connectivity index (χ1) is 15.7. The van der Waals surface area contributed by atoms with Crippen LogP contribution in [-0.4, -0.2) is 17.0 Å². The zero-order valence-electron chi connectivity index (χ0n) is 21.9. The molecule has 5 heteroatoms. The van der Waals surface area contributed by atoms with E-state index in [4.69, 9.17) is 11.8 Å². The smallest absolute Gasteiger partial charge is 0.252 e. The molecule has 1 N–H and O–H groups in total. The van der Waals surface area contributed by atoms with Crippen LogP contribution >= 0.6 is 6.57 Å². The van der Waals surface area contributed by atoms with Gasteiger partial charge in [-0.05, 0) is 97.6 Å². The van der Waals surface area contributed by atoms with Gasteiger partial charge in [0.25, 0.3) is 6.57 Å². The lowest BCUT2D eigenvalue weighted by molar-refractivity contribution is 0.618. The van der Waals surface area contributed by atoms with Crippen molar-refractivity contribution in [2.24, 2.45) is 0 Å². The van der Waals surface area contributed by atoms with E-state index in [1.807, 2.05) is 0 Å². The van der Waals surface area contributed by atoms with Gasteiger partial charge >= 0.3 is 0 Å². The number of benzene rings is 2. The second-order valence-corrected chi connectivity index (χ2v) is 12.7. The Hall–Kier alpha value is -1.35. The highest BCUT2D eigenvalue weighted by Crippen LogP contribution is 2.63. The molecule has 2 aromatic rings. The van der Waals surface area contributed by atoms with Crippen molar-refractivity contribution in [3.05, 3.63) is 57.6 Å². The number of hydrogen-bond donors (Lipinski definition) is 1. The topological polar surface area (TPSA) is 26.7 Å². The lowest BCUT2D eigenvalue weighted by Gasteiger charge is -2.37. The van der Waals surface area contributed by atoms with Gasteiger partial charge in [0.05, 0.1) is 23.5 Å². The molecule has 0 aliphatic carbocycles. The Balaban J connectivity index is 2.27. The molecular weight excluding hydrogens is 443 g/mol. The zero-order chi connectivity index (χ0) is 24.5. The molecule has 3 rings (SSSR count). The maximum absolute atomic E-state index is 12.3. The molecule has 182 valence electrons. The molecule has 2 atom stereocenters. The summed E-state index contributed by atoms with van der Waals surface area (Å²) in [4.78, 5) is 12.3. The first kappa shape index (κ1) is 26.3. The third-order valence-corrected chi connectivity index (χ3v) is 10.8. The van der Waals surface area contributed by atoms with Crippen molar-refractivity contribution >= 4 is 29.7 Å². The Bertz CT molecular complexity index is 921.